The second-order valence-electron chi connectivity index (χ2n) is 6.21. The highest BCUT2D eigenvalue weighted by molar-refractivity contribution is 7.88. The monoisotopic (exact) mass is 297 g/mol. The number of hydrogen-bond acceptors (Lipinski definition) is 3. The highest BCUT2D eigenvalue weighted by Crippen LogP contribution is 2.27. The van der Waals surface area contributed by atoms with E-state index in [-0.39, 0.29) is 11.9 Å². The fraction of sp³-hybridized carbons (Fsp3) is 0.600. The van der Waals surface area contributed by atoms with Gasteiger partial charge in [-0.3, -0.25) is 0 Å². The summed E-state index contributed by atoms with van der Waals surface area (Å²) in [5.74, 6) is 0.0465. The molecule has 4 nitrogen and oxygen atoms in total. The summed E-state index contributed by atoms with van der Waals surface area (Å²) in [6.45, 7) is 8.54. The predicted octanol–water partition coefficient (Wildman–Crippen LogP) is 2.32. The zero-order chi connectivity index (χ0) is 15.0. The van der Waals surface area contributed by atoms with E-state index in [1.807, 2.05) is 52.0 Å². The highest BCUT2D eigenvalue weighted by Gasteiger charge is 2.40. The van der Waals surface area contributed by atoms with Crippen molar-refractivity contribution >= 4 is 10.0 Å². The van der Waals surface area contributed by atoms with Crippen LogP contribution in [-0.2, 0) is 20.5 Å². The molecular weight excluding hydrogens is 274 g/mol. The smallest absolute Gasteiger partial charge is 0.218 e. The second kappa shape index (κ2) is 5.47. The molecule has 0 aliphatic carbocycles. The second-order valence-corrected chi connectivity index (χ2v) is 8.10. The van der Waals surface area contributed by atoms with E-state index in [0.29, 0.717) is 13.2 Å². The summed E-state index contributed by atoms with van der Waals surface area (Å²) in [6, 6.07) is 7.65. The van der Waals surface area contributed by atoms with Gasteiger partial charge < -0.3 is 4.74 Å². The Balaban J connectivity index is 2.25. The summed E-state index contributed by atoms with van der Waals surface area (Å²) in [5.41, 5.74) is 1.42. The van der Waals surface area contributed by atoms with E-state index in [1.165, 1.54) is 0 Å². The summed E-state index contributed by atoms with van der Waals surface area (Å²) in [6.07, 6.45) is -0.0599. The first-order chi connectivity index (χ1) is 9.21. The van der Waals surface area contributed by atoms with E-state index in [1.54, 1.807) is 4.31 Å². The van der Waals surface area contributed by atoms with Gasteiger partial charge in [0.2, 0.25) is 10.0 Å². The average Bonchev–Trinajstić information content (AvgIpc) is 2.31. The van der Waals surface area contributed by atoms with Gasteiger partial charge in [-0.1, -0.05) is 29.8 Å². The van der Waals surface area contributed by atoms with Gasteiger partial charge in [-0.05, 0) is 33.3 Å². The Bertz CT molecular complexity index is 581. The summed E-state index contributed by atoms with van der Waals surface area (Å²) < 4.78 is 32.6. The zero-order valence-corrected chi connectivity index (χ0v) is 13.4. The van der Waals surface area contributed by atoms with Gasteiger partial charge in [0.25, 0.3) is 0 Å². The minimum atomic E-state index is -3.34. The molecule has 20 heavy (non-hydrogen) atoms. The number of hydrogen-bond donors (Lipinski definition) is 0. The molecule has 1 atom stereocenters. The van der Waals surface area contributed by atoms with Crippen LogP contribution in [-0.4, -0.2) is 37.5 Å². The van der Waals surface area contributed by atoms with Gasteiger partial charge in [0.1, 0.15) is 0 Å². The Labute approximate surface area is 121 Å². The number of nitrogens with zero attached hydrogens (tertiary/aromatic N) is 1. The van der Waals surface area contributed by atoms with Crippen molar-refractivity contribution < 1.29 is 13.2 Å². The first-order valence-corrected chi connectivity index (χ1v) is 8.49. The van der Waals surface area contributed by atoms with Gasteiger partial charge >= 0.3 is 0 Å². The lowest BCUT2D eigenvalue weighted by atomic mass is 10.1. The third kappa shape index (κ3) is 3.40. The summed E-state index contributed by atoms with van der Waals surface area (Å²) in [5, 5.41) is 0. The van der Waals surface area contributed by atoms with E-state index in [9.17, 15) is 8.42 Å². The fourth-order valence-corrected chi connectivity index (χ4v) is 4.53. The van der Waals surface area contributed by atoms with Crippen molar-refractivity contribution in [3.05, 3.63) is 35.4 Å². The van der Waals surface area contributed by atoms with Crippen LogP contribution in [0.15, 0.2) is 24.3 Å². The number of rotatable bonds is 3. The molecule has 1 unspecified atom stereocenters. The summed E-state index contributed by atoms with van der Waals surface area (Å²) in [7, 11) is -3.34. The maximum absolute atomic E-state index is 12.7. The zero-order valence-electron chi connectivity index (χ0n) is 12.6. The number of morpholine rings is 1. The van der Waals surface area contributed by atoms with Crippen LogP contribution in [0.3, 0.4) is 0 Å². The van der Waals surface area contributed by atoms with E-state index in [0.717, 1.165) is 11.1 Å². The summed E-state index contributed by atoms with van der Waals surface area (Å²) in [4.78, 5) is 0. The van der Waals surface area contributed by atoms with Crippen LogP contribution in [0, 0.1) is 6.92 Å². The van der Waals surface area contributed by atoms with Crippen molar-refractivity contribution in [1.82, 2.24) is 4.31 Å². The molecule has 1 saturated heterocycles. The average molecular weight is 297 g/mol. The first-order valence-electron chi connectivity index (χ1n) is 6.88. The molecule has 5 heteroatoms. The van der Waals surface area contributed by atoms with Crippen LogP contribution in [0.4, 0.5) is 0 Å². The van der Waals surface area contributed by atoms with Crippen LogP contribution in [0.5, 0.6) is 0 Å². The van der Waals surface area contributed by atoms with E-state index >= 15 is 0 Å². The lowest BCUT2D eigenvalue weighted by molar-refractivity contribution is -0.0551. The lowest BCUT2D eigenvalue weighted by Gasteiger charge is -2.43. The summed E-state index contributed by atoms with van der Waals surface area (Å²) >= 11 is 0. The van der Waals surface area contributed by atoms with Crippen LogP contribution in [0.2, 0.25) is 0 Å². The van der Waals surface area contributed by atoms with Crippen molar-refractivity contribution in [1.29, 1.82) is 0 Å². The molecule has 1 aromatic carbocycles. The molecule has 112 valence electrons. The molecule has 1 aliphatic heterocycles. The normalized spacial score (nSPS) is 23.7. The molecule has 0 N–H and O–H groups in total. The van der Waals surface area contributed by atoms with Gasteiger partial charge in [0.05, 0.1) is 24.0 Å². The van der Waals surface area contributed by atoms with E-state index in [4.69, 9.17) is 4.74 Å². The van der Waals surface area contributed by atoms with E-state index in [2.05, 4.69) is 0 Å². The molecule has 0 saturated carbocycles. The SMILES string of the molecule is Cc1cccc(CS(=O)(=O)N2CC(C)OCC2(C)C)c1. The van der Waals surface area contributed by atoms with Crippen molar-refractivity contribution in [3.8, 4) is 0 Å². The van der Waals surface area contributed by atoms with Gasteiger partial charge in [-0.25, -0.2) is 8.42 Å². The third-order valence-electron chi connectivity index (χ3n) is 3.59. The maximum Gasteiger partial charge on any atom is 0.218 e. The number of ether oxygens (including phenoxy) is 1. The quantitative estimate of drug-likeness (QED) is 0.860. The molecule has 0 spiro atoms. The first kappa shape index (κ1) is 15.5. The number of aryl methyl sites for hydroxylation is 1. The van der Waals surface area contributed by atoms with Crippen molar-refractivity contribution in [2.45, 2.75) is 45.1 Å². The molecule has 2 rings (SSSR count). The molecule has 1 heterocycles. The van der Waals surface area contributed by atoms with Crippen LogP contribution in [0.25, 0.3) is 0 Å². The molecule has 1 aromatic rings. The number of sulfonamides is 1. The van der Waals surface area contributed by atoms with Crippen LogP contribution in [0.1, 0.15) is 31.9 Å². The Morgan fingerprint density at radius 2 is 2.10 bits per heavy atom. The van der Waals surface area contributed by atoms with Gasteiger partial charge in [-0.2, -0.15) is 4.31 Å². The van der Waals surface area contributed by atoms with Crippen molar-refractivity contribution in [2.75, 3.05) is 13.2 Å². The van der Waals surface area contributed by atoms with Crippen LogP contribution >= 0.6 is 0 Å². The topological polar surface area (TPSA) is 46.6 Å². The molecule has 0 radical (unpaired) electrons. The molecule has 1 aliphatic rings. The molecule has 1 fully saturated rings. The fourth-order valence-electron chi connectivity index (χ4n) is 2.53. The number of benzene rings is 1. The highest BCUT2D eigenvalue weighted by atomic mass is 32.2. The standard InChI is InChI=1S/C15H23NO3S/c1-12-6-5-7-14(8-12)10-20(17,18)16-9-13(2)19-11-15(16,3)4/h5-8,13H,9-11H2,1-4H3. The van der Waals surface area contributed by atoms with E-state index < -0.39 is 15.6 Å². The van der Waals surface area contributed by atoms with Gasteiger partial charge in [-0.15, -0.1) is 0 Å². The molecule has 0 amide bonds. The largest absolute Gasteiger partial charge is 0.375 e. The molecule has 0 bridgehead atoms. The molecular formula is C15H23NO3S. The van der Waals surface area contributed by atoms with Gasteiger partial charge in [0, 0.05) is 6.54 Å². The lowest BCUT2D eigenvalue weighted by Crippen LogP contribution is -2.57. The Hall–Kier alpha value is -0.910. The minimum Gasteiger partial charge on any atom is -0.375 e. The van der Waals surface area contributed by atoms with Gasteiger partial charge in [0.15, 0.2) is 0 Å². The molecule has 0 aromatic heterocycles. The third-order valence-corrected chi connectivity index (χ3v) is 5.60. The van der Waals surface area contributed by atoms with Crippen LogP contribution < -0.4 is 0 Å². The minimum absolute atomic E-state index is 0.0465. The van der Waals surface area contributed by atoms with Crippen molar-refractivity contribution in [3.63, 3.8) is 0 Å². The maximum atomic E-state index is 12.7. The Morgan fingerprint density at radius 1 is 1.40 bits per heavy atom. The predicted molar refractivity (Wildman–Crippen MR) is 80.0 cm³/mol. The van der Waals surface area contributed by atoms with Crippen molar-refractivity contribution in [2.24, 2.45) is 0 Å². The Morgan fingerprint density at radius 3 is 2.75 bits per heavy atom. The Kier molecular flexibility index (Phi) is 4.23.